The van der Waals surface area contributed by atoms with Crippen LogP contribution in [0.15, 0.2) is 36.5 Å². The molecule has 0 spiro atoms. The van der Waals surface area contributed by atoms with Crippen molar-refractivity contribution < 1.29 is 9.18 Å². The third-order valence-corrected chi connectivity index (χ3v) is 4.86. The largest absolute Gasteiger partial charge is 0.335 e. The van der Waals surface area contributed by atoms with Crippen LogP contribution in [0.25, 0.3) is 0 Å². The van der Waals surface area contributed by atoms with E-state index in [0.29, 0.717) is 12.0 Å². The third kappa shape index (κ3) is 4.18. The number of benzene rings is 1. The molecule has 25 heavy (non-hydrogen) atoms. The molecule has 1 unspecified atom stereocenters. The molecule has 1 aliphatic rings. The van der Waals surface area contributed by atoms with Crippen LogP contribution in [0, 0.1) is 5.82 Å². The first-order valence-electron chi connectivity index (χ1n) is 8.82. The van der Waals surface area contributed by atoms with Crippen LogP contribution < -0.4 is 5.32 Å². The number of hydrogen-bond donors (Lipinski definition) is 1. The first kappa shape index (κ1) is 17.5. The molecule has 0 bridgehead atoms. The van der Waals surface area contributed by atoms with Crippen LogP contribution in [0.3, 0.4) is 0 Å². The Balaban J connectivity index is 1.58. The number of nitrogens with one attached hydrogen (secondary N) is 1. The molecule has 2 heterocycles. The van der Waals surface area contributed by atoms with Gasteiger partial charge in [-0.2, -0.15) is 5.10 Å². The van der Waals surface area contributed by atoms with Crippen molar-refractivity contribution >= 4 is 6.03 Å². The maximum atomic E-state index is 13.8. The van der Waals surface area contributed by atoms with Gasteiger partial charge in [0.25, 0.3) is 0 Å². The highest BCUT2D eigenvalue weighted by Gasteiger charge is 2.30. The summed E-state index contributed by atoms with van der Waals surface area (Å²) in [4.78, 5) is 14.6. The molecule has 2 amide bonds. The van der Waals surface area contributed by atoms with Gasteiger partial charge in [0.05, 0.1) is 0 Å². The van der Waals surface area contributed by atoms with Gasteiger partial charge in [0.15, 0.2) is 0 Å². The zero-order valence-corrected chi connectivity index (χ0v) is 14.8. The van der Waals surface area contributed by atoms with Gasteiger partial charge >= 0.3 is 6.03 Å². The lowest BCUT2D eigenvalue weighted by Crippen LogP contribution is -2.47. The first-order chi connectivity index (χ1) is 12.0. The Morgan fingerprint density at radius 2 is 2.20 bits per heavy atom. The van der Waals surface area contributed by atoms with E-state index in [1.54, 1.807) is 18.3 Å². The van der Waals surface area contributed by atoms with Crippen LogP contribution in [0.1, 0.15) is 31.0 Å². The summed E-state index contributed by atoms with van der Waals surface area (Å²) in [6, 6.07) is 8.71. The zero-order chi connectivity index (χ0) is 17.8. The Bertz CT molecular complexity index is 730. The van der Waals surface area contributed by atoms with Gasteiger partial charge in [-0.25, -0.2) is 9.18 Å². The van der Waals surface area contributed by atoms with Crippen molar-refractivity contribution in [1.29, 1.82) is 0 Å². The number of urea groups is 1. The van der Waals surface area contributed by atoms with Crippen molar-refractivity contribution in [2.75, 3.05) is 6.54 Å². The Kier molecular flexibility index (Phi) is 5.36. The molecule has 1 aromatic heterocycles. The Labute approximate surface area is 147 Å². The van der Waals surface area contributed by atoms with E-state index in [9.17, 15) is 9.18 Å². The van der Waals surface area contributed by atoms with Crippen molar-refractivity contribution in [2.45, 2.75) is 44.7 Å². The van der Waals surface area contributed by atoms with Crippen LogP contribution in [0.2, 0.25) is 0 Å². The number of carbonyl (C=O) groups is 1. The normalized spacial score (nSPS) is 18.4. The molecule has 1 aliphatic heterocycles. The standard InChI is InChI=1S/C19H25FN4O/c1-14(12-15-6-3-4-8-18(15)20)22-19(25)24-11-5-7-17(24)13-16-9-10-21-23(16)2/h3-4,6,8-10,14,17H,5,7,11-13H2,1-2H3,(H,22,25)/t14?,17-/m0/s1. The predicted molar refractivity (Wildman–Crippen MR) is 94.7 cm³/mol. The Morgan fingerprint density at radius 1 is 1.40 bits per heavy atom. The lowest BCUT2D eigenvalue weighted by atomic mass is 10.1. The summed E-state index contributed by atoms with van der Waals surface area (Å²) < 4.78 is 15.6. The van der Waals surface area contributed by atoms with Crippen LogP contribution in [-0.2, 0) is 19.9 Å². The second kappa shape index (κ2) is 7.68. The maximum absolute atomic E-state index is 13.8. The molecule has 1 N–H and O–H groups in total. The lowest BCUT2D eigenvalue weighted by Gasteiger charge is -2.27. The number of aryl methyl sites for hydroxylation is 1. The number of amides is 2. The number of rotatable bonds is 5. The lowest BCUT2D eigenvalue weighted by molar-refractivity contribution is 0.188. The summed E-state index contributed by atoms with van der Waals surface area (Å²) in [7, 11) is 1.92. The number of nitrogens with zero attached hydrogens (tertiary/aromatic N) is 3. The van der Waals surface area contributed by atoms with E-state index in [1.807, 2.05) is 35.7 Å². The van der Waals surface area contributed by atoms with E-state index in [2.05, 4.69) is 10.4 Å². The minimum Gasteiger partial charge on any atom is -0.335 e. The van der Waals surface area contributed by atoms with Gasteiger partial charge in [0, 0.05) is 44.0 Å². The van der Waals surface area contributed by atoms with E-state index in [-0.39, 0.29) is 23.9 Å². The predicted octanol–water partition coefficient (Wildman–Crippen LogP) is 2.91. The van der Waals surface area contributed by atoms with Crippen molar-refractivity contribution in [1.82, 2.24) is 20.0 Å². The van der Waals surface area contributed by atoms with Gasteiger partial charge in [-0.1, -0.05) is 18.2 Å². The monoisotopic (exact) mass is 344 g/mol. The molecule has 0 saturated carbocycles. The molecular formula is C19H25FN4O. The fraction of sp³-hybridized carbons (Fsp3) is 0.474. The van der Waals surface area contributed by atoms with E-state index in [0.717, 1.165) is 31.5 Å². The quantitative estimate of drug-likeness (QED) is 0.907. The fourth-order valence-electron chi connectivity index (χ4n) is 3.50. The summed E-state index contributed by atoms with van der Waals surface area (Å²) >= 11 is 0. The van der Waals surface area contributed by atoms with E-state index in [4.69, 9.17) is 0 Å². The smallest absolute Gasteiger partial charge is 0.317 e. The van der Waals surface area contributed by atoms with Gasteiger partial charge in [-0.3, -0.25) is 4.68 Å². The van der Waals surface area contributed by atoms with E-state index in [1.165, 1.54) is 6.07 Å². The van der Waals surface area contributed by atoms with Gasteiger partial charge in [-0.05, 0) is 43.9 Å². The molecule has 0 radical (unpaired) electrons. The average Bonchev–Trinajstić information content (AvgIpc) is 3.19. The SMILES string of the molecule is CC(Cc1ccccc1F)NC(=O)N1CCC[C@H]1Cc1ccnn1C. The van der Waals surface area contributed by atoms with Crippen molar-refractivity contribution in [3.05, 3.63) is 53.6 Å². The number of carbonyl (C=O) groups excluding carboxylic acids is 1. The fourth-order valence-corrected chi connectivity index (χ4v) is 3.50. The van der Waals surface area contributed by atoms with Gasteiger partial charge in [-0.15, -0.1) is 0 Å². The van der Waals surface area contributed by atoms with Crippen molar-refractivity contribution in [2.24, 2.45) is 7.05 Å². The van der Waals surface area contributed by atoms with E-state index < -0.39 is 0 Å². The van der Waals surface area contributed by atoms with Gasteiger partial charge in [0.2, 0.25) is 0 Å². The second-order valence-electron chi connectivity index (χ2n) is 6.79. The molecule has 3 rings (SSSR count). The summed E-state index contributed by atoms with van der Waals surface area (Å²) in [5, 5.41) is 7.21. The van der Waals surface area contributed by atoms with Gasteiger partial charge < -0.3 is 10.2 Å². The minimum atomic E-state index is -0.223. The highest BCUT2D eigenvalue weighted by atomic mass is 19.1. The zero-order valence-electron chi connectivity index (χ0n) is 14.8. The third-order valence-electron chi connectivity index (χ3n) is 4.86. The summed E-state index contributed by atoms with van der Waals surface area (Å²) in [6.45, 7) is 2.68. The number of halogens is 1. The molecule has 1 saturated heterocycles. The summed E-state index contributed by atoms with van der Waals surface area (Å²) in [5.74, 6) is -0.223. The van der Waals surface area contributed by atoms with Crippen LogP contribution in [-0.4, -0.2) is 39.3 Å². The summed E-state index contributed by atoms with van der Waals surface area (Å²) in [5.41, 5.74) is 1.76. The van der Waals surface area contributed by atoms with Crippen LogP contribution in [0.4, 0.5) is 9.18 Å². The van der Waals surface area contributed by atoms with Crippen LogP contribution in [0.5, 0.6) is 0 Å². The topological polar surface area (TPSA) is 50.2 Å². The van der Waals surface area contributed by atoms with E-state index >= 15 is 0 Å². The summed E-state index contributed by atoms with van der Waals surface area (Å²) in [6.07, 6.45) is 5.09. The molecule has 1 fully saturated rings. The van der Waals surface area contributed by atoms with Crippen molar-refractivity contribution in [3.63, 3.8) is 0 Å². The average molecular weight is 344 g/mol. The molecule has 2 aromatic rings. The maximum Gasteiger partial charge on any atom is 0.317 e. The number of hydrogen-bond acceptors (Lipinski definition) is 2. The Morgan fingerprint density at radius 3 is 2.92 bits per heavy atom. The second-order valence-corrected chi connectivity index (χ2v) is 6.79. The highest BCUT2D eigenvalue weighted by molar-refractivity contribution is 5.75. The molecule has 134 valence electrons. The van der Waals surface area contributed by atoms with Crippen molar-refractivity contribution in [3.8, 4) is 0 Å². The molecule has 6 heteroatoms. The molecule has 5 nitrogen and oxygen atoms in total. The molecular weight excluding hydrogens is 319 g/mol. The first-order valence-corrected chi connectivity index (χ1v) is 8.82. The Hall–Kier alpha value is -2.37. The highest BCUT2D eigenvalue weighted by Crippen LogP contribution is 2.21. The number of aromatic nitrogens is 2. The van der Waals surface area contributed by atoms with Crippen LogP contribution >= 0.6 is 0 Å². The minimum absolute atomic E-state index is 0.0616. The van der Waals surface area contributed by atoms with Gasteiger partial charge in [0.1, 0.15) is 5.82 Å². The molecule has 0 aliphatic carbocycles. The number of likely N-dealkylation sites (tertiary alicyclic amines) is 1. The molecule has 2 atom stereocenters. The molecule has 1 aromatic carbocycles.